The van der Waals surface area contributed by atoms with Crippen LogP contribution in [0.15, 0.2) is 96.5 Å². The predicted octanol–water partition coefficient (Wildman–Crippen LogP) is 7.21. The normalized spacial score (nSPS) is 11.1. The first-order valence-electron chi connectivity index (χ1n) is 10.1. The summed E-state index contributed by atoms with van der Waals surface area (Å²) < 4.78 is 0. The van der Waals surface area contributed by atoms with Crippen molar-refractivity contribution >= 4 is 33.4 Å². The van der Waals surface area contributed by atoms with Crippen LogP contribution >= 0.6 is 22.7 Å². The van der Waals surface area contributed by atoms with E-state index in [1.807, 2.05) is 35.8 Å². The van der Waals surface area contributed by atoms with Gasteiger partial charge in [0.1, 0.15) is 0 Å². The number of rotatable bonds is 4. The van der Waals surface area contributed by atoms with Crippen LogP contribution in [-0.2, 0) is 0 Å². The van der Waals surface area contributed by atoms with Gasteiger partial charge < -0.3 is 0 Å². The number of benzene rings is 2. The van der Waals surface area contributed by atoms with E-state index < -0.39 is 0 Å². The Kier molecular flexibility index (Phi) is 4.79. The minimum Gasteiger partial charge on any atom is -0.255 e. The molecule has 4 heterocycles. The molecule has 4 aromatic heterocycles. The highest BCUT2D eigenvalue weighted by Crippen LogP contribution is 2.36. The van der Waals surface area contributed by atoms with Crippen LogP contribution in [0.2, 0.25) is 0 Å². The average molecular weight is 449 g/mol. The Bertz CT molecular complexity index is 1370. The summed E-state index contributed by atoms with van der Waals surface area (Å²) in [6, 6.07) is 21.3. The lowest BCUT2D eigenvalue weighted by atomic mass is 9.93. The van der Waals surface area contributed by atoms with E-state index in [0.717, 1.165) is 32.3 Å². The molecule has 6 aromatic rings. The molecule has 0 fully saturated rings. The summed E-state index contributed by atoms with van der Waals surface area (Å²) in [7, 11) is 0. The van der Waals surface area contributed by atoms with E-state index in [2.05, 4.69) is 80.6 Å². The second kappa shape index (κ2) is 8.07. The van der Waals surface area contributed by atoms with Crippen molar-refractivity contribution in [3.8, 4) is 43.4 Å². The summed E-state index contributed by atoms with van der Waals surface area (Å²) in [6.45, 7) is 0. The van der Waals surface area contributed by atoms with Gasteiger partial charge in [-0.3, -0.25) is 19.9 Å². The quantitative estimate of drug-likeness (QED) is 0.286. The third-order valence-corrected chi connectivity index (χ3v) is 7.03. The van der Waals surface area contributed by atoms with Crippen molar-refractivity contribution in [2.24, 2.45) is 0 Å². The highest BCUT2D eigenvalue weighted by Gasteiger charge is 2.11. The molecule has 6 rings (SSSR count). The van der Waals surface area contributed by atoms with E-state index >= 15 is 0 Å². The summed E-state index contributed by atoms with van der Waals surface area (Å²) in [6.07, 6.45) is 7.60. The lowest BCUT2D eigenvalue weighted by Crippen LogP contribution is -1.89. The molecule has 0 saturated heterocycles. The summed E-state index contributed by atoms with van der Waals surface area (Å²) in [4.78, 5) is 19.8. The van der Waals surface area contributed by atoms with Gasteiger partial charge in [0.05, 0.1) is 32.2 Å². The molecule has 0 amide bonds. The number of fused-ring (bicyclic) bond motifs is 1. The molecule has 0 aliphatic heterocycles. The molecule has 0 unspecified atom stereocenters. The van der Waals surface area contributed by atoms with Gasteiger partial charge in [-0.2, -0.15) is 0 Å². The SMILES string of the molecule is c1ccc2c(-c3ccc(-c4cncs4)nc3)ccc(-c3ccc(-c4cncs4)nc3)c2c1. The fraction of sp³-hybridized carbons (Fsp3) is 0. The van der Waals surface area contributed by atoms with Gasteiger partial charge >= 0.3 is 0 Å². The number of pyridine rings is 2. The zero-order chi connectivity index (χ0) is 21.3. The van der Waals surface area contributed by atoms with Gasteiger partial charge in [-0.25, -0.2) is 0 Å². The number of hydrogen-bond donors (Lipinski definition) is 0. The fourth-order valence-corrected chi connectivity index (χ4v) is 5.08. The van der Waals surface area contributed by atoms with Crippen LogP contribution in [0.5, 0.6) is 0 Å². The molecule has 4 nitrogen and oxygen atoms in total. The summed E-state index contributed by atoms with van der Waals surface area (Å²) in [5.41, 5.74) is 10.1. The Morgan fingerprint density at radius 1 is 0.500 bits per heavy atom. The van der Waals surface area contributed by atoms with Gasteiger partial charge in [-0.15, -0.1) is 22.7 Å². The molecule has 32 heavy (non-hydrogen) atoms. The molecule has 2 aromatic carbocycles. The maximum absolute atomic E-state index is 4.68. The van der Waals surface area contributed by atoms with E-state index in [9.17, 15) is 0 Å². The van der Waals surface area contributed by atoms with Crippen LogP contribution in [0.1, 0.15) is 0 Å². The lowest BCUT2D eigenvalue weighted by molar-refractivity contribution is 1.32. The van der Waals surface area contributed by atoms with Crippen LogP contribution in [0.25, 0.3) is 54.2 Å². The monoisotopic (exact) mass is 448 g/mol. The van der Waals surface area contributed by atoms with Crippen molar-refractivity contribution in [1.29, 1.82) is 0 Å². The lowest BCUT2D eigenvalue weighted by Gasteiger charge is -2.12. The average Bonchev–Trinajstić information content (AvgIpc) is 3.59. The van der Waals surface area contributed by atoms with Crippen LogP contribution in [-0.4, -0.2) is 19.9 Å². The molecule has 0 spiro atoms. The summed E-state index contributed by atoms with van der Waals surface area (Å²) in [5.74, 6) is 0. The topological polar surface area (TPSA) is 51.6 Å². The highest BCUT2D eigenvalue weighted by atomic mass is 32.1. The number of aromatic nitrogens is 4. The number of nitrogens with zero attached hydrogens (tertiary/aromatic N) is 4. The van der Waals surface area contributed by atoms with Crippen molar-refractivity contribution in [2.75, 3.05) is 0 Å². The molecule has 152 valence electrons. The molecule has 0 aliphatic rings. The van der Waals surface area contributed by atoms with Gasteiger partial charge in [0.25, 0.3) is 0 Å². The van der Waals surface area contributed by atoms with Gasteiger partial charge in [0.15, 0.2) is 0 Å². The van der Waals surface area contributed by atoms with Crippen LogP contribution in [0.4, 0.5) is 0 Å². The van der Waals surface area contributed by atoms with Crippen molar-refractivity contribution in [3.63, 3.8) is 0 Å². The predicted molar refractivity (Wildman–Crippen MR) is 133 cm³/mol. The van der Waals surface area contributed by atoms with Crippen molar-refractivity contribution in [3.05, 3.63) is 96.5 Å². The Hall–Kier alpha value is -3.74. The first-order valence-corrected chi connectivity index (χ1v) is 11.8. The van der Waals surface area contributed by atoms with Gasteiger partial charge in [-0.1, -0.05) is 48.5 Å². The smallest absolute Gasteiger partial charge is 0.0818 e. The second-order valence-corrected chi connectivity index (χ2v) is 9.07. The Morgan fingerprint density at radius 3 is 1.38 bits per heavy atom. The van der Waals surface area contributed by atoms with Crippen molar-refractivity contribution in [1.82, 2.24) is 19.9 Å². The van der Waals surface area contributed by atoms with Crippen LogP contribution < -0.4 is 0 Å². The minimum absolute atomic E-state index is 0.948. The molecule has 0 radical (unpaired) electrons. The van der Waals surface area contributed by atoms with Gasteiger partial charge in [0, 0.05) is 35.9 Å². The molecule has 0 saturated carbocycles. The van der Waals surface area contributed by atoms with Gasteiger partial charge in [0.2, 0.25) is 0 Å². The third kappa shape index (κ3) is 3.39. The van der Waals surface area contributed by atoms with Crippen LogP contribution in [0, 0.1) is 0 Å². The van der Waals surface area contributed by atoms with Crippen molar-refractivity contribution < 1.29 is 0 Å². The molecule has 0 aliphatic carbocycles. The van der Waals surface area contributed by atoms with Crippen molar-refractivity contribution in [2.45, 2.75) is 0 Å². The first kappa shape index (κ1) is 19.0. The van der Waals surface area contributed by atoms with E-state index in [1.54, 1.807) is 22.7 Å². The Morgan fingerprint density at radius 2 is 1.00 bits per heavy atom. The molecule has 0 N–H and O–H groups in total. The number of thiazole rings is 2. The van der Waals surface area contributed by atoms with Crippen LogP contribution in [0.3, 0.4) is 0 Å². The fourth-order valence-electron chi connectivity index (χ4n) is 3.88. The van der Waals surface area contributed by atoms with Gasteiger partial charge in [-0.05, 0) is 34.0 Å². The Labute approximate surface area is 193 Å². The third-order valence-electron chi connectivity index (χ3n) is 5.44. The maximum Gasteiger partial charge on any atom is 0.0818 e. The maximum atomic E-state index is 4.68. The molecular weight excluding hydrogens is 432 g/mol. The molecule has 6 heteroatoms. The van der Waals surface area contributed by atoms with E-state index in [4.69, 9.17) is 0 Å². The zero-order valence-corrected chi connectivity index (χ0v) is 18.5. The minimum atomic E-state index is 0.948. The van der Waals surface area contributed by atoms with E-state index in [1.165, 1.54) is 21.9 Å². The second-order valence-electron chi connectivity index (χ2n) is 7.30. The summed E-state index contributed by atoms with van der Waals surface area (Å²) in [5, 5.41) is 2.40. The first-order chi connectivity index (χ1) is 15.9. The molecule has 0 bridgehead atoms. The standard InChI is InChI=1S/C26H16N4S2/c1-2-4-22-20(18-6-10-24(30-12-18)26-14-28-16-32-26)8-7-19(21(22)3-1)17-5-9-23(29-11-17)25-13-27-15-31-25/h1-16H. The number of hydrogen-bond acceptors (Lipinski definition) is 6. The largest absolute Gasteiger partial charge is 0.255 e. The van der Waals surface area contributed by atoms with E-state index in [0.29, 0.717) is 0 Å². The highest BCUT2D eigenvalue weighted by molar-refractivity contribution is 7.13. The van der Waals surface area contributed by atoms with E-state index in [-0.39, 0.29) is 0 Å². The molecular formula is C26H16N4S2. The zero-order valence-electron chi connectivity index (χ0n) is 16.8. The molecule has 0 atom stereocenters. The summed E-state index contributed by atoms with van der Waals surface area (Å²) >= 11 is 3.19. The Balaban J connectivity index is 1.41.